The average molecular weight is 251 g/mol. The van der Waals surface area contributed by atoms with E-state index in [2.05, 4.69) is 29.1 Å². The lowest BCUT2D eigenvalue weighted by molar-refractivity contribution is 0.385. The summed E-state index contributed by atoms with van der Waals surface area (Å²) in [4.78, 5) is 0. The molecular formula is C15H25NS. The lowest BCUT2D eigenvalue weighted by Crippen LogP contribution is -2.33. The molecule has 17 heavy (non-hydrogen) atoms. The first-order valence-corrected chi connectivity index (χ1v) is 8.07. The Morgan fingerprint density at radius 3 is 2.88 bits per heavy atom. The van der Waals surface area contributed by atoms with Crippen LogP contribution in [0.15, 0.2) is 16.8 Å². The number of rotatable bonds is 7. The third kappa shape index (κ3) is 4.44. The molecule has 1 fully saturated rings. The van der Waals surface area contributed by atoms with Crippen LogP contribution in [-0.2, 0) is 6.42 Å². The van der Waals surface area contributed by atoms with Crippen LogP contribution >= 0.6 is 11.3 Å². The highest BCUT2D eigenvalue weighted by Crippen LogP contribution is 2.29. The predicted octanol–water partition coefficient (Wildman–Crippen LogP) is 4.24. The molecule has 1 N–H and O–H groups in total. The van der Waals surface area contributed by atoms with Crippen LogP contribution in [0.25, 0.3) is 0 Å². The molecule has 0 radical (unpaired) electrons. The second-order valence-electron chi connectivity index (χ2n) is 5.37. The zero-order chi connectivity index (χ0) is 11.9. The van der Waals surface area contributed by atoms with Gasteiger partial charge in [0, 0.05) is 6.04 Å². The smallest absolute Gasteiger partial charge is 0.0110 e. The van der Waals surface area contributed by atoms with Crippen LogP contribution in [-0.4, -0.2) is 12.6 Å². The van der Waals surface area contributed by atoms with Crippen molar-refractivity contribution in [2.45, 2.75) is 57.9 Å². The third-order valence-corrected chi connectivity index (χ3v) is 4.57. The number of thiophene rings is 1. The summed E-state index contributed by atoms with van der Waals surface area (Å²) in [5.41, 5.74) is 1.52. The Morgan fingerprint density at radius 2 is 2.24 bits per heavy atom. The maximum Gasteiger partial charge on any atom is 0.0110 e. The van der Waals surface area contributed by atoms with Gasteiger partial charge in [0.25, 0.3) is 0 Å². The van der Waals surface area contributed by atoms with E-state index in [4.69, 9.17) is 0 Å². The van der Waals surface area contributed by atoms with Crippen LogP contribution in [0.2, 0.25) is 0 Å². The first-order valence-electron chi connectivity index (χ1n) is 7.13. The first-order chi connectivity index (χ1) is 8.38. The zero-order valence-electron chi connectivity index (χ0n) is 11.0. The van der Waals surface area contributed by atoms with Crippen LogP contribution < -0.4 is 5.32 Å². The van der Waals surface area contributed by atoms with E-state index in [0.29, 0.717) is 6.04 Å². The van der Waals surface area contributed by atoms with Crippen molar-refractivity contribution >= 4 is 11.3 Å². The van der Waals surface area contributed by atoms with Crippen molar-refractivity contribution in [3.63, 3.8) is 0 Å². The number of nitrogens with one attached hydrogen (secondary N) is 1. The topological polar surface area (TPSA) is 12.0 Å². The summed E-state index contributed by atoms with van der Waals surface area (Å²) in [6.07, 6.45) is 9.70. The summed E-state index contributed by atoms with van der Waals surface area (Å²) < 4.78 is 0. The van der Waals surface area contributed by atoms with Gasteiger partial charge in [-0.3, -0.25) is 0 Å². The van der Waals surface area contributed by atoms with Crippen molar-refractivity contribution < 1.29 is 0 Å². The molecule has 1 nitrogen and oxygen atoms in total. The Hall–Kier alpha value is -0.340. The summed E-state index contributed by atoms with van der Waals surface area (Å²) in [6.45, 7) is 3.42. The second kappa shape index (κ2) is 7.17. The Labute approximate surface area is 110 Å². The normalized spacial score (nSPS) is 18.6. The fourth-order valence-corrected chi connectivity index (χ4v) is 3.61. The highest BCUT2D eigenvalue weighted by atomic mass is 32.1. The van der Waals surface area contributed by atoms with Crippen LogP contribution in [0.5, 0.6) is 0 Å². The Balaban J connectivity index is 1.83. The van der Waals surface area contributed by atoms with E-state index >= 15 is 0 Å². The molecule has 0 aromatic carbocycles. The van der Waals surface area contributed by atoms with Crippen LogP contribution in [0, 0.1) is 5.92 Å². The highest BCUT2D eigenvalue weighted by molar-refractivity contribution is 7.07. The summed E-state index contributed by atoms with van der Waals surface area (Å²) in [6, 6.07) is 2.98. The fourth-order valence-electron chi connectivity index (χ4n) is 2.93. The Bertz CT molecular complexity index is 288. The molecule has 0 aliphatic heterocycles. The molecule has 1 aromatic rings. The van der Waals surface area contributed by atoms with Crippen molar-refractivity contribution in [2.24, 2.45) is 5.92 Å². The lowest BCUT2D eigenvalue weighted by atomic mass is 9.94. The lowest BCUT2D eigenvalue weighted by Gasteiger charge is -2.21. The predicted molar refractivity (Wildman–Crippen MR) is 76.7 cm³/mol. The van der Waals surface area contributed by atoms with Crippen LogP contribution in [0.4, 0.5) is 0 Å². The van der Waals surface area contributed by atoms with Gasteiger partial charge < -0.3 is 5.32 Å². The summed E-state index contributed by atoms with van der Waals surface area (Å²) in [7, 11) is 0. The first kappa shape index (κ1) is 13.1. The second-order valence-corrected chi connectivity index (χ2v) is 6.15. The van der Waals surface area contributed by atoms with Crippen molar-refractivity contribution in [2.75, 3.05) is 6.54 Å². The number of hydrogen-bond donors (Lipinski definition) is 1. The van der Waals surface area contributed by atoms with Crippen LogP contribution in [0.1, 0.15) is 51.0 Å². The number of hydrogen-bond acceptors (Lipinski definition) is 2. The minimum Gasteiger partial charge on any atom is -0.314 e. The molecule has 1 aromatic heterocycles. The minimum absolute atomic E-state index is 0.702. The molecule has 1 aliphatic carbocycles. The van der Waals surface area contributed by atoms with E-state index in [1.807, 2.05) is 11.3 Å². The van der Waals surface area contributed by atoms with E-state index < -0.39 is 0 Å². The van der Waals surface area contributed by atoms with Gasteiger partial charge in [0.15, 0.2) is 0 Å². The van der Waals surface area contributed by atoms with E-state index in [1.54, 1.807) is 0 Å². The molecule has 0 spiro atoms. The quantitative estimate of drug-likeness (QED) is 0.764. The van der Waals surface area contributed by atoms with Crippen molar-refractivity contribution in [1.82, 2.24) is 5.32 Å². The minimum atomic E-state index is 0.702. The van der Waals surface area contributed by atoms with Gasteiger partial charge in [-0.15, -0.1) is 0 Å². The van der Waals surface area contributed by atoms with E-state index in [0.717, 1.165) is 5.92 Å². The van der Waals surface area contributed by atoms with E-state index in [-0.39, 0.29) is 0 Å². The molecule has 1 saturated carbocycles. The van der Waals surface area contributed by atoms with Crippen molar-refractivity contribution in [3.05, 3.63) is 22.4 Å². The van der Waals surface area contributed by atoms with Gasteiger partial charge in [0.1, 0.15) is 0 Å². The Morgan fingerprint density at radius 1 is 1.41 bits per heavy atom. The molecule has 1 atom stereocenters. The molecule has 1 aliphatic rings. The standard InChI is InChI=1S/C15H25NS/c1-2-8-16-15(10-13-5-3-4-6-13)11-14-7-9-17-12-14/h7,9,12-13,15-16H,2-6,8,10-11H2,1H3. The SMILES string of the molecule is CCCNC(Cc1ccsc1)CC1CCCC1. The molecule has 2 rings (SSSR count). The molecular weight excluding hydrogens is 226 g/mol. The Kier molecular flexibility index (Phi) is 5.53. The van der Waals surface area contributed by atoms with Gasteiger partial charge in [-0.2, -0.15) is 11.3 Å². The monoisotopic (exact) mass is 251 g/mol. The molecule has 0 saturated heterocycles. The van der Waals surface area contributed by atoms with Gasteiger partial charge in [-0.05, 0) is 54.1 Å². The summed E-state index contributed by atoms with van der Waals surface area (Å²) >= 11 is 1.82. The maximum absolute atomic E-state index is 3.74. The zero-order valence-corrected chi connectivity index (χ0v) is 11.8. The van der Waals surface area contributed by atoms with E-state index in [9.17, 15) is 0 Å². The van der Waals surface area contributed by atoms with Gasteiger partial charge in [0.05, 0.1) is 0 Å². The van der Waals surface area contributed by atoms with E-state index in [1.165, 1.54) is 57.1 Å². The largest absolute Gasteiger partial charge is 0.314 e. The summed E-state index contributed by atoms with van der Waals surface area (Å²) in [5, 5.41) is 8.24. The van der Waals surface area contributed by atoms with Crippen LogP contribution in [0.3, 0.4) is 0 Å². The molecule has 1 unspecified atom stereocenters. The fraction of sp³-hybridized carbons (Fsp3) is 0.733. The molecule has 1 heterocycles. The van der Waals surface area contributed by atoms with Gasteiger partial charge in [-0.25, -0.2) is 0 Å². The van der Waals surface area contributed by atoms with Gasteiger partial charge in [-0.1, -0.05) is 32.6 Å². The molecule has 96 valence electrons. The molecule has 0 bridgehead atoms. The molecule has 2 heteroatoms. The maximum atomic E-state index is 3.74. The molecule has 0 amide bonds. The van der Waals surface area contributed by atoms with Gasteiger partial charge >= 0.3 is 0 Å². The third-order valence-electron chi connectivity index (χ3n) is 3.84. The summed E-state index contributed by atoms with van der Waals surface area (Å²) in [5.74, 6) is 0.989. The highest BCUT2D eigenvalue weighted by Gasteiger charge is 2.20. The van der Waals surface area contributed by atoms with Crippen molar-refractivity contribution in [1.29, 1.82) is 0 Å². The van der Waals surface area contributed by atoms with Crippen molar-refractivity contribution in [3.8, 4) is 0 Å². The van der Waals surface area contributed by atoms with Gasteiger partial charge in [0.2, 0.25) is 0 Å². The average Bonchev–Trinajstić information content (AvgIpc) is 2.99.